The third-order valence-electron chi connectivity index (χ3n) is 3.28. The Morgan fingerprint density at radius 3 is 3.19 bits per heavy atom. The molecule has 0 bridgehead atoms. The van der Waals surface area contributed by atoms with Crippen molar-refractivity contribution in [3.63, 3.8) is 0 Å². The average Bonchev–Trinajstić information content (AvgIpc) is 2.84. The molecule has 16 heavy (non-hydrogen) atoms. The number of aliphatic carboxylic acids is 1. The molecule has 2 heterocycles. The maximum atomic E-state index is 10.6. The molecule has 1 aromatic rings. The molecule has 1 aliphatic heterocycles. The van der Waals surface area contributed by atoms with Gasteiger partial charge in [0.25, 0.3) is 0 Å². The second kappa shape index (κ2) is 4.97. The van der Waals surface area contributed by atoms with Crippen LogP contribution >= 0.6 is 11.3 Å². The summed E-state index contributed by atoms with van der Waals surface area (Å²) in [7, 11) is 0. The first-order valence-electron chi connectivity index (χ1n) is 5.66. The van der Waals surface area contributed by atoms with Gasteiger partial charge in [-0.2, -0.15) is 0 Å². The van der Waals surface area contributed by atoms with Crippen LogP contribution in [0.1, 0.15) is 30.7 Å². The van der Waals surface area contributed by atoms with Gasteiger partial charge in [0, 0.05) is 23.9 Å². The summed E-state index contributed by atoms with van der Waals surface area (Å²) < 4.78 is 0. The van der Waals surface area contributed by atoms with Gasteiger partial charge >= 0.3 is 5.97 Å². The molecule has 0 spiro atoms. The summed E-state index contributed by atoms with van der Waals surface area (Å²) in [5.74, 6) is -0.337. The van der Waals surface area contributed by atoms with Gasteiger partial charge in [-0.25, -0.2) is 0 Å². The molecule has 0 aromatic carbocycles. The van der Waals surface area contributed by atoms with Crippen molar-refractivity contribution in [1.29, 1.82) is 0 Å². The fourth-order valence-electron chi connectivity index (χ4n) is 2.34. The maximum absolute atomic E-state index is 10.6. The van der Waals surface area contributed by atoms with E-state index in [0.717, 1.165) is 19.5 Å². The van der Waals surface area contributed by atoms with Gasteiger partial charge in [0.2, 0.25) is 0 Å². The van der Waals surface area contributed by atoms with Gasteiger partial charge < -0.3 is 5.11 Å². The molecule has 0 saturated carbocycles. The molecule has 88 valence electrons. The van der Waals surface area contributed by atoms with Crippen LogP contribution < -0.4 is 0 Å². The highest BCUT2D eigenvalue weighted by Gasteiger charge is 2.28. The summed E-state index contributed by atoms with van der Waals surface area (Å²) in [6.45, 7) is 4.15. The van der Waals surface area contributed by atoms with E-state index >= 15 is 0 Å². The summed E-state index contributed by atoms with van der Waals surface area (Å²) in [4.78, 5) is 14.4. The largest absolute Gasteiger partial charge is 0.481 e. The number of carbonyl (C=O) groups is 1. The molecule has 2 atom stereocenters. The summed E-state index contributed by atoms with van der Waals surface area (Å²) >= 11 is 1.78. The van der Waals surface area contributed by atoms with Crippen molar-refractivity contribution in [3.05, 3.63) is 22.4 Å². The smallest absolute Gasteiger partial charge is 0.303 e. The molecule has 4 heteroatoms. The van der Waals surface area contributed by atoms with Crippen molar-refractivity contribution in [2.75, 3.05) is 13.1 Å². The number of hydrogen-bond acceptors (Lipinski definition) is 3. The fourth-order valence-corrected chi connectivity index (χ4v) is 3.15. The highest BCUT2D eigenvalue weighted by molar-refractivity contribution is 7.10. The van der Waals surface area contributed by atoms with Crippen LogP contribution in [0.15, 0.2) is 17.5 Å². The Morgan fingerprint density at radius 1 is 1.75 bits per heavy atom. The van der Waals surface area contributed by atoms with E-state index in [2.05, 4.69) is 29.3 Å². The normalized spacial score (nSPS) is 23.4. The molecule has 1 fully saturated rings. The number of thiophene rings is 1. The van der Waals surface area contributed by atoms with Crippen molar-refractivity contribution in [3.8, 4) is 0 Å². The highest BCUT2D eigenvalue weighted by Crippen LogP contribution is 2.30. The van der Waals surface area contributed by atoms with Crippen LogP contribution in [0.2, 0.25) is 0 Å². The van der Waals surface area contributed by atoms with Crippen LogP contribution in [-0.4, -0.2) is 29.1 Å². The third-order valence-corrected chi connectivity index (χ3v) is 4.33. The van der Waals surface area contributed by atoms with Crippen LogP contribution in [0.3, 0.4) is 0 Å². The Kier molecular flexibility index (Phi) is 3.61. The van der Waals surface area contributed by atoms with Gasteiger partial charge in [0.1, 0.15) is 0 Å². The van der Waals surface area contributed by atoms with E-state index in [4.69, 9.17) is 5.11 Å². The predicted molar refractivity (Wildman–Crippen MR) is 64.7 cm³/mol. The quantitative estimate of drug-likeness (QED) is 0.878. The van der Waals surface area contributed by atoms with Crippen LogP contribution in [-0.2, 0) is 4.79 Å². The molecule has 2 unspecified atom stereocenters. The minimum absolute atomic E-state index is 0.313. The minimum Gasteiger partial charge on any atom is -0.481 e. The molecule has 1 saturated heterocycles. The zero-order chi connectivity index (χ0) is 11.5. The lowest BCUT2D eigenvalue weighted by Gasteiger charge is -2.23. The number of nitrogens with zero attached hydrogens (tertiary/aromatic N) is 1. The number of likely N-dealkylation sites (tertiary alicyclic amines) is 1. The zero-order valence-corrected chi connectivity index (χ0v) is 10.2. The van der Waals surface area contributed by atoms with Crippen molar-refractivity contribution < 1.29 is 9.90 Å². The predicted octanol–water partition coefficient (Wildman–Crippen LogP) is 2.61. The highest BCUT2D eigenvalue weighted by atomic mass is 32.1. The summed E-state index contributed by atoms with van der Waals surface area (Å²) in [5.41, 5.74) is 0. The first-order valence-corrected chi connectivity index (χ1v) is 6.54. The molecule has 0 aliphatic carbocycles. The molecule has 3 nitrogen and oxygen atoms in total. The Balaban J connectivity index is 1.91. The molecule has 0 amide bonds. The summed E-state index contributed by atoms with van der Waals surface area (Å²) in [6, 6.07) is 4.65. The maximum Gasteiger partial charge on any atom is 0.303 e. The Labute approximate surface area is 99.7 Å². The average molecular weight is 239 g/mol. The van der Waals surface area contributed by atoms with Gasteiger partial charge in [-0.15, -0.1) is 11.3 Å². The van der Waals surface area contributed by atoms with E-state index in [1.54, 1.807) is 11.3 Å². The molecule has 1 N–H and O–H groups in total. The zero-order valence-electron chi connectivity index (χ0n) is 9.43. The Bertz CT molecular complexity index is 350. The standard InChI is InChI=1S/C12H17NO2S/c1-9(11-3-2-6-16-11)13-5-4-10(8-13)7-12(14)15/h2-3,6,9-10H,4-5,7-8H2,1H3,(H,14,15). The number of hydrogen-bond donors (Lipinski definition) is 1. The monoisotopic (exact) mass is 239 g/mol. The molecular weight excluding hydrogens is 222 g/mol. The second-order valence-electron chi connectivity index (χ2n) is 4.44. The number of carboxylic acid groups (broad SMARTS) is 1. The first-order chi connectivity index (χ1) is 7.66. The van der Waals surface area contributed by atoms with E-state index in [1.807, 2.05) is 0 Å². The first kappa shape index (κ1) is 11.6. The van der Waals surface area contributed by atoms with Crippen molar-refractivity contribution in [1.82, 2.24) is 4.90 Å². The topological polar surface area (TPSA) is 40.5 Å². The van der Waals surface area contributed by atoms with Gasteiger partial charge in [0.05, 0.1) is 0 Å². The third kappa shape index (κ3) is 2.62. The van der Waals surface area contributed by atoms with Crippen molar-refractivity contribution in [2.24, 2.45) is 5.92 Å². The van der Waals surface area contributed by atoms with Crippen LogP contribution in [0, 0.1) is 5.92 Å². The Hall–Kier alpha value is -0.870. The lowest BCUT2D eigenvalue weighted by atomic mass is 10.1. The Morgan fingerprint density at radius 2 is 2.56 bits per heavy atom. The van der Waals surface area contributed by atoms with Crippen LogP contribution in [0.4, 0.5) is 0 Å². The summed E-state index contributed by atoms with van der Waals surface area (Å²) in [5, 5.41) is 10.9. The molecular formula is C12H17NO2S. The van der Waals surface area contributed by atoms with E-state index in [1.165, 1.54) is 4.88 Å². The van der Waals surface area contributed by atoms with Crippen molar-refractivity contribution >= 4 is 17.3 Å². The molecule has 2 rings (SSSR count). The molecule has 1 aliphatic rings. The number of rotatable bonds is 4. The molecule has 1 aromatic heterocycles. The lowest BCUT2D eigenvalue weighted by Crippen LogP contribution is -2.24. The molecule has 0 radical (unpaired) electrons. The summed E-state index contributed by atoms with van der Waals surface area (Å²) in [6.07, 6.45) is 1.33. The van der Waals surface area contributed by atoms with E-state index in [9.17, 15) is 4.79 Å². The van der Waals surface area contributed by atoms with Crippen LogP contribution in [0.25, 0.3) is 0 Å². The van der Waals surface area contributed by atoms with Gasteiger partial charge in [-0.3, -0.25) is 9.69 Å². The van der Waals surface area contributed by atoms with Crippen LogP contribution in [0.5, 0.6) is 0 Å². The van der Waals surface area contributed by atoms with Gasteiger partial charge in [-0.1, -0.05) is 6.07 Å². The SMILES string of the molecule is CC(c1cccs1)N1CCC(CC(=O)O)C1. The van der Waals surface area contributed by atoms with Gasteiger partial charge in [0.15, 0.2) is 0 Å². The second-order valence-corrected chi connectivity index (χ2v) is 5.42. The van der Waals surface area contributed by atoms with E-state index in [-0.39, 0.29) is 0 Å². The number of carboxylic acids is 1. The fraction of sp³-hybridized carbons (Fsp3) is 0.583. The van der Waals surface area contributed by atoms with Gasteiger partial charge in [-0.05, 0) is 37.3 Å². The van der Waals surface area contributed by atoms with E-state index in [0.29, 0.717) is 18.4 Å². The van der Waals surface area contributed by atoms with E-state index < -0.39 is 5.97 Å². The lowest BCUT2D eigenvalue weighted by molar-refractivity contribution is -0.138. The van der Waals surface area contributed by atoms with Crippen molar-refractivity contribution in [2.45, 2.75) is 25.8 Å². The minimum atomic E-state index is -0.671.